The number of benzene rings is 2. The molecule has 4 heteroatoms. The van der Waals surface area contributed by atoms with Gasteiger partial charge in [-0.05, 0) is 45.8 Å². The minimum atomic E-state index is -0.249. The average Bonchev–Trinajstić information content (AvgIpc) is 2.48. The highest BCUT2D eigenvalue weighted by molar-refractivity contribution is 9.10. The van der Waals surface area contributed by atoms with Gasteiger partial charge in [0, 0.05) is 18.1 Å². The number of pyridine rings is 1. The normalized spacial score (nSPS) is 10.7. The lowest BCUT2D eigenvalue weighted by atomic mass is 10.1. The minimum Gasteiger partial charge on any atom is -0.379 e. The van der Waals surface area contributed by atoms with Crippen LogP contribution in [0.25, 0.3) is 10.9 Å². The molecule has 1 aromatic heterocycles. The molecule has 2 nitrogen and oxygen atoms in total. The Hall–Kier alpha value is -1.94. The molecule has 0 radical (unpaired) electrons. The number of hydrogen-bond acceptors (Lipinski definition) is 2. The lowest BCUT2D eigenvalue weighted by molar-refractivity contribution is 0.620. The van der Waals surface area contributed by atoms with Crippen LogP contribution < -0.4 is 5.32 Å². The molecule has 0 aliphatic rings. The average molecular weight is 331 g/mol. The van der Waals surface area contributed by atoms with Crippen LogP contribution in [-0.4, -0.2) is 4.98 Å². The Morgan fingerprint density at radius 3 is 2.80 bits per heavy atom. The first kappa shape index (κ1) is 13.1. The van der Waals surface area contributed by atoms with Gasteiger partial charge >= 0.3 is 0 Å². The van der Waals surface area contributed by atoms with Crippen molar-refractivity contribution in [2.45, 2.75) is 6.54 Å². The second-order valence-electron chi connectivity index (χ2n) is 4.48. The number of halogens is 2. The van der Waals surface area contributed by atoms with E-state index in [0.717, 1.165) is 22.2 Å². The molecule has 0 saturated heterocycles. The molecule has 100 valence electrons. The lowest BCUT2D eigenvalue weighted by Crippen LogP contribution is -2.00. The van der Waals surface area contributed by atoms with Gasteiger partial charge in [-0.15, -0.1) is 0 Å². The second kappa shape index (κ2) is 5.59. The van der Waals surface area contributed by atoms with Gasteiger partial charge in [0.25, 0.3) is 0 Å². The zero-order valence-electron chi connectivity index (χ0n) is 10.6. The monoisotopic (exact) mass is 330 g/mol. The maximum Gasteiger partial charge on any atom is 0.137 e. The molecule has 0 amide bonds. The molecule has 3 rings (SSSR count). The zero-order valence-corrected chi connectivity index (χ0v) is 12.2. The van der Waals surface area contributed by atoms with Crippen molar-refractivity contribution in [3.63, 3.8) is 0 Å². The summed E-state index contributed by atoms with van der Waals surface area (Å²) in [5.74, 6) is -0.249. The summed E-state index contributed by atoms with van der Waals surface area (Å²) < 4.78 is 13.7. The predicted molar refractivity (Wildman–Crippen MR) is 83.2 cm³/mol. The number of rotatable bonds is 3. The van der Waals surface area contributed by atoms with Crippen LogP contribution in [-0.2, 0) is 6.54 Å². The zero-order chi connectivity index (χ0) is 13.9. The first-order valence-corrected chi connectivity index (χ1v) is 7.05. The first-order valence-electron chi connectivity index (χ1n) is 6.25. The largest absolute Gasteiger partial charge is 0.379 e. The molecule has 0 saturated carbocycles. The van der Waals surface area contributed by atoms with Crippen molar-refractivity contribution >= 4 is 32.5 Å². The molecule has 1 N–H and O–H groups in total. The van der Waals surface area contributed by atoms with Crippen LogP contribution in [0, 0.1) is 5.82 Å². The highest BCUT2D eigenvalue weighted by Gasteiger charge is 2.03. The molecule has 0 bridgehead atoms. The van der Waals surface area contributed by atoms with Crippen molar-refractivity contribution in [3.05, 3.63) is 70.6 Å². The Bertz CT molecular complexity index is 753. The van der Waals surface area contributed by atoms with E-state index in [4.69, 9.17) is 0 Å². The highest BCUT2D eigenvalue weighted by Crippen LogP contribution is 2.22. The quantitative estimate of drug-likeness (QED) is 0.749. The smallest absolute Gasteiger partial charge is 0.137 e. The molecule has 2 aromatic carbocycles. The Balaban J connectivity index is 1.85. The lowest BCUT2D eigenvalue weighted by Gasteiger charge is -2.09. The van der Waals surface area contributed by atoms with E-state index in [1.54, 1.807) is 18.3 Å². The summed E-state index contributed by atoms with van der Waals surface area (Å²) in [5.41, 5.74) is 2.92. The van der Waals surface area contributed by atoms with Crippen molar-refractivity contribution in [2.24, 2.45) is 0 Å². The fourth-order valence-electron chi connectivity index (χ4n) is 2.09. The Labute approximate surface area is 124 Å². The number of nitrogens with zero attached hydrogens (tertiary/aromatic N) is 1. The van der Waals surface area contributed by atoms with Crippen LogP contribution in [0.2, 0.25) is 0 Å². The molecule has 0 aliphatic carbocycles. The van der Waals surface area contributed by atoms with E-state index in [1.165, 1.54) is 6.07 Å². The van der Waals surface area contributed by atoms with E-state index in [1.807, 2.05) is 30.3 Å². The molecule has 20 heavy (non-hydrogen) atoms. The van der Waals surface area contributed by atoms with Crippen LogP contribution in [0.3, 0.4) is 0 Å². The predicted octanol–water partition coefficient (Wildman–Crippen LogP) is 4.75. The van der Waals surface area contributed by atoms with Gasteiger partial charge in [0.2, 0.25) is 0 Å². The summed E-state index contributed by atoms with van der Waals surface area (Å²) >= 11 is 3.20. The fourth-order valence-corrected chi connectivity index (χ4v) is 2.52. The van der Waals surface area contributed by atoms with Gasteiger partial charge in [-0.2, -0.15) is 0 Å². The third-order valence-electron chi connectivity index (χ3n) is 3.10. The van der Waals surface area contributed by atoms with E-state index in [0.29, 0.717) is 11.0 Å². The molecular weight excluding hydrogens is 319 g/mol. The molecule has 0 aliphatic heterocycles. The van der Waals surface area contributed by atoms with Gasteiger partial charge in [-0.3, -0.25) is 4.98 Å². The van der Waals surface area contributed by atoms with Crippen molar-refractivity contribution in [1.82, 2.24) is 4.98 Å². The molecule has 0 unspecified atom stereocenters. The van der Waals surface area contributed by atoms with Gasteiger partial charge in [0.15, 0.2) is 0 Å². The Morgan fingerprint density at radius 1 is 1.10 bits per heavy atom. The number of nitrogens with one attached hydrogen (secondary N) is 1. The molecular formula is C16H12BrFN2. The van der Waals surface area contributed by atoms with Crippen molar-refractivity contribution in [3.8, 4) is 0 Å². The van der Waals surface area contributed by atoms with Crippen LogP contribution in [0.4, 0.5) is 10.1 Å². The number of aromatic nitrogens is 1. The summed E-state index contributed by atoms with van der Waals surface area (Å²) in [6.07, 6.45) is 1.78. The van der Waals surface area contributed by atoms with Gasteiger partial charge in [-0.25, -0.2) is 4.39 Å². The first-order chi connectivity index (χ1) is 9.74. The third-order valence-corrected chi connectivity index (χ3v) is 3.71. The van der Waals surface area contributed by atoms with E-state index in [-0.39, 0.29) is 5.82 Å². The summed E-state index contributed by atoms with van der Waals surface area (Å²) in [5, 5.41) is 4.44. The van der Waals surface area contributed by atoms with Gasteiger partial charge in [-0.1, -0.05) is 24.3 Å². The molecule has 1 heterocycles. The van der Waals surface area contributed by atoms with Gasteiger partial charge in [0.1, 0.15) is 5.82 Å². The van der Waals surface area contributed by atoms with Crippen molar-refractivity contribution in [2.75, 3.05) is 5.32 Å². The standard InChI is InChI=1S/C16H12BrFN2/c17-13-9-11(6-7-14(13)18)10-20-15-5-1-3-12-4-2-8-19-16(12)15/h1-9,20H,10H2. The van der Waals surface area contributed by atoms with E-state index in [9.17, 15) is 4.39 Å². The molecule has 0 fully saturated rings. The van der Waals surface area contributed by atoms with Crippen LogP contribution in [0.15, 0.2) is 59.2 Å². The number of anilines is 1. The number of fused-ring (bicyclic) bond motifs is 1. The van der Waals surface area contributed by atoms with E-state index < -0.39 is 0 Å². The summed E-state index contributed by atoms with van der Waals surface area (Å²) in [4.78, 5) is 4.39. The topological polar surface area (TPSA) is 24.9 Å². The number of hydrogen-bond donors (Lipinski definition) is 1. The molecule has 0 spiro atoms. The summed E-state index contributed by atoms with van der Waals surface area (Å²) in [6.45, 7) is 0.620. The SMILES string of the molecule is Fc1ccc(CNc2cccc3cccnc23)cc1Br. The summed E-state index contributed by atoms with van der Waals surface area (Å²) in [6, 6.07) is 15.0. The third kappa shape index (κ3) is 2.65. The molecule has 3 aromatic rings. The second-order valence-corrected chi connectivity index (χ2v) is 5.34. The minimum absolute atomic E-state index is 0.249. The van der Waals surface area contributed by atoms with Crippen molar-refractivity contribution in [1.29, 1.82) is 0 Å². The van der Waals surface area contributed by atoms with Crippen LogP contribution in [0.1, 0.15) is 5.56 Å². The maximum atomic E-state index is 13.2. The highest BCUT2D eigenvalue weighted by atomic mass is 79.9. The van der Waals surface area contributed by atoms with Gasteiger partial charge in [0.05, 0.1) is 15.7 Å². The maximum absolute atomic E-state index is 13.2. The summed E-state index contributed by atoms with van der Waals surface area (Å²) in [7, 11) is 0. The fraction of sp³-hybridized carbons (Fsp3) is 0.0625. The van der Waals surface area contributed by atoms with E-state index >= 15 is 0 Å². The van der Waals surface area contributed by atoms with Crippen LogP contribution in [0.5, 0.6) is 0 Å². The number of para-hydroxylation sites is 1. The van der Waals surface area contributed by atoms with Crippen molar-refractivity contribution < 1.29 is 4.39 Å². The van der Waals surface area contributed by atoms with Gasteiger partial charge < -0.3 is 5.32 Å². The molecule has 0 atom stereocenters. The Kier molecular flexibility index (Phi) is 3.65. The van der Waals surface area contributed by atoms with Crippen LogP contribution >= 0.6 is 15.9 Å². The van der Waals surface area contributed by atoms with E-state index in [2.05, 4.69) is 26.2 Å². The Morgan fingerprint density at radius 2 is 1.95 bits per heavy atom.